The summed E-state index contributed by atoms with van der Waals surface area (Å²) in [5, 5.41) is 42.2. The molecular formula is C37H50F5N5O14S2. The first kappa shape index (κ1) is 51.8. The molecule has 26 heteroatoms. The molecule has 0 radical (unpaired) electrons. The number of aliphatic hydroxyl groups excluding tert-OH is 3. The van der Waals surface area contributed by atoms with Gasteiger partial charge in [0.25, 0.3) is 10.1 Å². The van der Waals surface area contributed by atoms with E-state index in [2.05, 4.69) is 25.1 Å². The Kier molecular flexibility index (Phi) is 22.1. The number of aryl methyl sites for hydroxylation is 1. The van der Waals surface area contributed by atoms with E-state index >= 15 is 0 Å². The summed E-state index contributed by atoms with van der Waals surface area (Å²) >= 11 is 1.44. The maximum Gasteiger partial charge on any atom is 0.313 e. The number of unbranched alkanes of at least 4 members (excludes halogenated alkanes) is 1. The molecule has 2 heterocycles. The van der Waals surface area contributed by atoms with Crippen molar-refractivity contribution in [2.75, 3.05) is 75.8 Å². The Morgan fingerprint density at radius 3 is 2.05 bits per heavy atom. The molecule has 0 amide bonds. The van der Waals surface area contributed by atoms with Gasteiger partial charge in [-0.25, -0.2) is 17.9 Å². The quantitative estimate of drug-likeness (QED) is 0.00645. The molecule has 4 rings (SSSR count). The average Bonchev–Trinajstić information content (AvgIpc) is 3.72. The lowest BCUT2D eigenvalue weighted by molar-refractivity contribution is -0.272. The van der Waals surface area contributed by atoms with Crippen molar-refractivity contribution in [3.8, 4) is 11.5 Å². The van der Waals surface area contributed by atoms with Crippen LogP contribution in [0.4, 0.5) is 27.6 Å². The molecule has 2 aromatic carbocycles. The molecule has 3 aromatic rings. The fraction of sp³-hybridized carbons (Fsp3) is 0.595. The molecule has 354 valence electrons. The molecule has 63 heavy (non-hydrogen) atoms. The van der Waals surface area contributed by atoms with Gasteiger partial charge in [0.15, 0.2) is 0 Å². The number of aliphatic hydroxyl groups is 3. The van der Waals surface area contributed by atoms with Gasteiger partial charge in [-0.05, 0) is 68.4 Å². The number of aromatic nitrogens is 3. The molecule has 0 aliphatic carbocycles. The standard InChI is InChI=1S/C37H50F5N5O14S2/c38-28-29(39)31(41)36(32(42)30(28)40)61-27(48)8-12-55-14-16-57-18-19-58-17-15-56-13-11-47-21-24(44-46-47)3-1-2-10-43-22-62-45-23-4-6-25(7-5-23)59-37-35(51)34(50)33(49)26(60-37)9-20-63(52,53)54/h4-7,21,26,33-35,37,43,45,49-51H,1-3,8-20,22H2,(H,52,53,54)/t26-,33-,34+,35+,37+/m1/s1. The number of carbonyl (C=O) groups excluding carboxylic acids is 1. The first-order valence-electron chi connectivity index (χ1n) is 19.6. The molecule has 5 atom stereocenters. The van der Waals surface area contributed by atoms with E-state index in [4.69, 9.17) is 33.0 Å². The normalized spacial score (nSPS) is 19.0. The van der Waals surface area contributed by atoms with Gasteiger partial charge in [-0.3, -0.25) is 9.35 Å². The number of nitrogens with one attached hydrogen (secondary N) is 2. The molecule has 6 N–H and O–H groups in total. The Morgan fingerprint density at radius 2 is 1.41 bits per heavy atom. The minimum absolute atomic E-state index is 0.0595. The Labute approximate surface area is 363 Å². The van der Waals surface area contributed by atoms with E-state index in [1.807, 2.05) is 6.20 Å². The molecular weight excluding hydrogens is 898 g/mol. The van der Waals surface area contributed by atoms with E-state index in [1.54, 1.807) is 28.9 Å². The van der Waals surface area contributed by atoms with Crippen LogP contribution in [0, 0.1) is 29.1 Å². The van der Waals surface area contributed by atoms with Gasteiger partial charge < -0.3 is 58.5 Å². The first-order valence-corrected chi connectivity index (χ1v) is 22.2. The minimum Gasteiger partial charge on any atom is -0.462 e. The predicted molar refractivity (Wildman–Crippen MR) is 212 cm³/mol. The molecule has 1 aromatic heterocycles. The Balaban J connectivity index is 0.926. The number of ether oxygens (including phenoxy) is 7. The van der Waals surface area contributed by atoms with E-state index in [0.29, 0.717) is 38.0 Å². The lowest BCUT2D eigenvalue weighted by atomic mass is 9.97. The van der Waals surface area contributed by atoms with Crippen LogP contribution in [0.15, 0.2) is 30.5 Å². The van der Waals surface area contributed by atoms with Gasteiger partial charge in [0.2, 0.25) is 41.1 Å². The summed E-state index contributed by atoms with van der Waals surface area (Å²) in [5.41, 5.74) is 1.64. The summed E-state index contributed by atoms with van der Waals surface area (Å²) in [6.07, 6.45) is -3.75. The van der Waals surface area contributed by atoms with Crippen LogP contribution in [0.1, 0.15) is 31.4 Å². The third-order valence-electron chi connectivity index (χ3n) is 8.84. The van der Waals surface area contributed by atoms with Crippen molar-refractivity contribution in [3.63, 3.8) is 0 Å². The van der Waals surface area contributed by atoms with Gasteiger partial charge in [0, 0.05) is 11.9 Å². The molecule has 1 saturated heterocycles. The van der Waals surface area contributed by atoms with Gasteiger partial charge in [-0.1, -0.05) is 5.21 Å². The maximum atomic E-state index is 13.6. The van der Waals surface area contributed by atoms with Crippen LogP contribution in [0.3, 0.4) is 0 Å². The molecule has 0 spiro atoms. The smallest absolute Gasteiger partial charge is 0.313 e. The third kappa shape index (κ3) is 17.9. The number of anilines is 1. The van der Waals surface area contributed by atoms with Crippen LogP contribution >= 0.6 is 11.9 Å². The topological polar surface area (TPSA) is 252 Å². The second-order valence-electron chi connectivity index (χ2n) is 13.6. The minimum atomic E-state index is -4.33. The van der Waals surface area contributed by atoms with Crippen LogP contribution in [0.5, 0.6) is 11.5 Å². The second kappa shape index (κ2) is 26.9. The Hall–Kier alpha value is -3.80. The summed E-state index contributed by atoms with van der Waals surface area (Å²) in [6.45, 7) is 2.88. The monoisotopic (exact) mass is 947 g/mol. The highest BCUT2D eigenvalue weighted by Crippen LogP contribution is 2.30. The highest BCUT2D eigenvalue weighted by atomic mass is 32.2. The van der Waals surface area contributed by atoms with Crippen LogP contribution < -0.4 is 19.5 Å². The lowest BCUT2D eigenvalue weighted by Crippen LogP contribution is -2.59. The van der Waals surface area contributed by atoms with E-state index in [-0.39, 0.29) is 39.5 Å². The molecule has 1 fully saturated rings. The fourth-order valence-corrected chi connectivity index (χ4v) is 6.68. The van der Waals surface area contributed by atoms with Crippen molar-refractivity contribution < 1.29 is 88.2 Å². The van der Waals surface area contributed by atoms with E-state index in [1.165, 1.54) is 11.9 Å². The highest BCUT2D eigenvalue weighted by molar-refractivity contribution is 8.00. The number of nitrogens with zero attached hydrogens (tertiary/aromatic N) is 3. The zero-order valence-electron chi connectivity index (χ0n) is 33.7. The second-order valence-corrected chi connectivity index (χ2v) is 16.0. The Bertz CT molecular complexity index is 1930. The van der Waals surface area contributed by atoms with Crippen molar-refractivity contribution >= 4 is 33.7 Å². The molecule has 0 unspecified atom stereocenters. The van der Waals surface area contributed by atoms with Crippen LogP contribution in [0.2, 0.25) is 0 Å². The summed E-state index contributed by atoms with van der Waals surface area (Å²) in [7, 11) is -4.33. The summed E-state index contributed by atoms with van der Waals surface area (Å²) in [6, 6.07) is 6.68. The zero-order valence-corrected chi connectivity index (χ0v) is 35.3. The van der Waals surface area contributed by atoms with E-state index in [0.717, 1.165) is 37.2 Å². The highest BCUT2D eigenvalue weighted by Gasteiger charge is 2.45. The van der Waals surface area contributed by atoms with Crippen molar-refractivity contribution in [3.05, 3.63) is 65.2 Å². The number of halogens is 5. The van der Waals surface area contributed by atoms with Crippen LogP contribution in [-0.4, -0.2) is 151 Å². The van der Waals surface area contributed by atoms with E-state index < -0.39 is 93.8 Å². The summed E-state index contributed by atoms with van der Waals surface area (Å²) in [4.78, 5) is 11.7. The zero-order chi connectivity index (χ0) is 45.8. The fourth-order valence-electron chi connectivity index (χ4n) is 5.53. The third-order valence-corrected chi connectivity index (χ3v) is 10.3. The summed E-state index contributed by atoms with van der Waals surface area (Å²) in [5.74, 6) is -14.0. The SMILES string of the molecule is O=C(CCOCCOCCOCCOCCn1cc(CCCCNCSNc2ccc(O[C@H]3O[C@H](CCS(=O)(=O)O)[C@@H](O)[C@H](O)[C@@H]3O)cc2)nn1)Oc1c(F)c(F)c(F)c(F)c1F. The molecule has 1 aliphatic rings. The van der Waals surface area contributed by atoms with Gasteiger partial charge >= 0.3 is 5.97 Å². The lowest BCUT2D eigenvalue weighted by Gasteiger charge is -2.40. The Morgan fingerprint density at radius 1 is 0.810 bits per heavy atom. The summed E-state index contributed by atoms with van der Waals surface area (Å²) < 4.78 is 140. The molecule has 0 saturated carbocycles. The number of carbonyl (C=O) groups is 1. The van der Waals surface area contributed by atoms with Crippen molar-refractivity contribution in [2.24, 2.45) is 0 Å². The average molecular weight is 948 g/mol. The predicted octanol–water partition coefficient (Wildman–Crippen LogP) is 2.13. The van der Waals surface area contributed by atoms with Crippen LogP contribution in [0.25, 0.3) is 0 Å². The van der Waals surface area contributed by atoms with Crippen molar-refractivity contribution in [1.82, 2.24) is 20.3 Å². The van der Waals surface area contributed by atoms with Gasteiger partial charge in [-0.15, -0.1) is 5.10 Å². The number of esters is 1. The maximum absolute atomic E-state index is 13.6. The molecule has 0 bridgehead atoms. The van der Waals surface area contributed by atoms with Crippen LogP contribution in [-0.2, 0) is 51.6 Å². The molecule has 1 aliphatic heterocycles. The largest absolute Gasteiger partial charge is 0.462 e. The van der Waals surface area contributed by atoms with Gasteiger partial charge in [0.1, 0.15) is 24.1 Å². The first-order chi connectivity index (χ1) is 30.1. The van der Waals surface area contributed by atoms with Crippen molar-refractivity contribution in [2.45, 2.75) is 69.4 Å². The van der Waals surface area contributed by atoms with Gasteiger partial charge in [0.05, 0.1) is 89.2 Å². The molecule has 19 nitrogen and oxygen atoms in total. The number of rotatable bonds is 30. The number of hydrogen-bond acceptors (Lipinski definition) is 18. The number of hydrogen-bond donors (Lipinski definition) is 6. The number of benzene rings is 2. The van der Waals surface area contributed by atoms with Crippen molar-refractivity contribution in [1.29, 1.82) is 0 Å². The van der Waals surface area contributed by atoms with Gasteiger partial charge in [-0.2, -0.15) is 17.2 Å². The van der Waals surface area contributed by atoms with E-state index in [9.17, 15) is 50.5 Å².